The average molecular weight is 451 g/mol. The highest BCUT2D eigenvalue weighted by Crippen LogP contribution is 2.28. The number of hydrogen-bond donors (Lipinski definition) is 1. The lowest BCUT2D eigenvalue weighted by atomic mass is 10.0. The molecule has 0 spiro atoms. The molecule has 1 N–H and O–H groups in total. The van der Waals surface area contributed by atoms with Crippen LogP contribution in [0.4, 0.5) is 5.69 Å². The first-order valence-corrected chi connectivity index (χ1v) is 12.2. The molecule has 160 valence electrons. The summed E-state index contributed by atoms with van der Waals surface area (Å²) in [5.74, 6) is 1.68. The molecule has 0 radical (unpaired) electrons. The summed E-state index contributed by atoms with van der Waals surface area (Å²) in [6.07, 6.45) is 2.34. The fourth-order valence-corrected chi connectivity index (χ4v) is 5.04. The Hall–Kier alpha value is -2.43. The summed E-state index contributed by atoms with van der Waals surface area (Å²) in [5.41, 5.74) is 5.83. The van der Waals surface area contributed by atoms with Gasteiger partial charge in [-0.05, 0) is 53.8 Å². The molecule has 31 heavy (non-hydrogen) atoms. The van der Waals surface area contributed by atoms with Crippen molar-refractivity contribution in [2.24, 2.45) is 0 Å². The van der Waals surface area contributed by atoms with Crippen molar-refractivity contribution in [1.29, 1.82) is 0 Å². The molecule has 3 nitrogen and oxygen atoms in total. The van der Waals surface area contributed by atoms with Crippen LogP contribution >= 0.6 is 23.4 Å². The minimum absolute atomic E-state index is 0.0202. The number of rotatable bonds is 8. The third kappa shape index (κ3) is 5.84. The van der Waals surface area contributed by atoms with Gasteiger partial charge in [0.05, 0.1) is 0 Å². The molecule has 0 aliphatic carbocycles. The van der Waals surface area contributed by atoms with Crippen LogP contribution in [-0.4, -0.2) is 24.7 Å². The number of halogens is 1. The average Bonchev–Trinajstić information content (AvgIpc) is 2.80. The number of amides is 1. The van der Waals surface area contributed by atoms with E-state index in [1.54, 1.807) is 11.8 Å². The first-order chi connectivity index (χ1) is 15.2. The summed E-state index contributed by atoms with van der Waals surface area (Å²) in [6.45, 7) is 2.59. The van der Waals surface area contributed by atoms with Crippen LogP contribution in [0.2, 0.25) is 5.02 Å². The molecule has 5 heteroatoms. The van der Waals surface area contributed by atoms with Gasteiger partial charge in [-0.25, -0.2) is 0 Å². The molecule has 0 aromatic heterocycles. The lowest BCUT2D eigenvalue weighted by Crippen LogP contribution is -2.29. The second kappa shape index (κ2) is 10.7. The summed E-state index contributed by atoms with van der Waals surface area (Å²) < 4.78 is 0. The highest BCUT2D eigenvalue weighted by molar-refractivity contribution is 7.98. The number of para-hydroxylation sites is 1. The summed E-state index contributed by atoms with van der Waals surface area (Å²) >= 11 is 7.95. The molecule has 0 atom stereocenters. The van der Waals surface area contributed by atoms with E-state index >= 15 is 0 Å². The molecule has 0 unspecified atom stereocenters. The number of carbonyl (C=O) groups is 1. The molecule has 0 saturated heterocycles. The Labute approximate surface area is 193 Å². The molecule has 4 rings (SSSR count). The van der Waals surface area contributed by atoms with E-state index in [-0.39, 0.29) is 5.91 Å². The number of nitrogens with one attached hydrogen (secondary N) is 1. The maximum absolute atomic E-state index is 12.4. The minimum Gasteiger partial charge on any atom is -0.367 e. The van der Waals surface area contributed by atoms with Crippen LogP contribution in [0.25, 0.3) is 0 Å². The van der Waals surface area contributed by atoms with Gasteiger partial charge in [0.1, 0.15) is 0 Å². The summed E-state index contributed by atoms with van der Waals surface area (Å²) in [7, 11) is 0. The van der Waals surface area contributed by atoms with Crippen molar-refractivity contribution in [1.82, 2.24) is 5.32 Å². The van der Waals surface area contributed by atoms with E-state index in [1.165, 1.54) is 23.2 Å². The molecule has 0 saturated carbocycles. The van der Waals surface area contributed by atoms with Gasteiger partial charge < -0.3 is 10.2 Å². The van der Waals surface area contributed by atoms with Gasteiger partial charge in [-0.2, -0.15) is 11.8 Å². The monoisotopic (exact) mass is 450 g/mol. The number of anilines is 1. The molecule has 1 amide bonds. The van der Waals surface area contributed by atoms with Crippen LogP contribution in [0.15, 0.2) is 72.8 Å². The lowest BCUT2D eigenvalue weighted by molar-refractivity contribution is 0.0956. The quantitative estimate of drug-likeness (QED) is 0.430. The molecular weight excluding hydrogens is 424 g/mol. The minimum atomic E-state index is -0.0202. The Kier molecular flexibility index (Phi) is 7.55. The van der Waals surface area contributed by atoms with Crippen molar-refractivity contribution < 1.29 is 4.79 Å². The van der Waals surface area contributed by atoms with Crippen LogP contribution in [0, 0.1) is 0 Å². The zero-order valence-corrected chi connectivity index (χ0v) is 19.1. The van der Waals surface area contributed by atoms with E-state index in [1.807, 2.05) is 36.4 Å². The topological polar surface area (TPSA) is 32.3 Å². The fourth-order valence-electron chi connectivity index (χ4n) is 3.89. The zero-order valence-electron chi connectivity index (χ0n) is 17.5. The van der Waals surface area contributed by atoms with Crippen LogP contribution in [0.1, 0.15) is 33.5 Å². The van der Waals surface area contributed by atoms with Crippen molar-refractivity contribution in [3.63, 3.8) is 0 Å². The smallest absolute Gasteiger partial charge is 0.251 e. The molecule has 0 fully saturated rings. The highest BCUT2D eigenvalue weighted by Gasteiger charge is 2.16. The third-order valence-corrected chi connectivity index (χ3v) is 6.92. The van der Waals surface area contributed by atoms with Crippen LogP contribution in [0.3, 0.4) is 0 Å². The number of nitrogens with zero attached hydrogens (tertiary/aromatic N) is 1. The van der Waals surface area contributed by atoms with Crippen molar-refractivity contribution in [2.75, 3.05) is 23.7 Å². The van der Waals surface area contributed by atoms with E-state index in [0.29, 0.717) is 12.1 Å². The van der Waals surface area contributed by atoms with Gasteiger partial charge in [0.25, 0.3) is 5.91 Å². The highest BCUT2D eigenvalue weighted by atomic mass is 35.5. The number of fused-ring (bicyclic) bond motifs is 1. The van der Waals surface area contributed by atoms with Gasteiger partial charge in [-0.1, -0.05) is 60.1 Å². The van der Waals surface area contributed by atoms with E-state index in [4.69, 9.17) is 11.6 Å². The van der Waals surface area contributed by atoms with E-state index in [0.717, 1.165) is 41.6 Å². The van der Waals surface area contributed by atoms with E-state index in [9.17, 15) is 4.79 Å². The van der Waals surface area contributed by atoms with Gasteiger partial charge >= 0.3 is 0 Å². The first-order valence-electron chi connectivity index (χ1n) is 10.7. The molecule has 1 aliphatic rings. The van der Waals surface area contributed by atoms with Gasteiger partial charge in [0, 0.05) is 47.4 Å². The van der Waals surface area contributed by atoms with Gasteiger partial charge in [0.2, 0.25) is 0 Å². The molecule has 1 aliphatic heterocycles. The number of hydrogen-bond acceptors (Lipinski definition) is 3. The maximum atomic E-state index is 12.4. The number of carbonyl (C=O) groups excluding carboxylic acids is 1. The third-order valence-electron chi connectivity index (χ3n) is 5.54. The van der Waals surface area contributed by atoms with Crippen molar-refractivity contribution in [3.05, 3.63) is 100 Å². The fraction of sp³-hybridized carbons (Fsp3) is 0.269. The van der Waals surface area contributed by atoms with Crippen molar-refractivity contribution in [2.45, 2.75) is 25.1 Å². The summed E-state index contributed by atoms with van der Waals surface area (Å²) in [6, 6.07) is 24.5. The Morgan fingerprint density at radius 2 is 1.77 bits per heavy atom. The Balaban J connectivity index is 1.24. The van der Waals surface area contributed by atoms with Crippen LogP contribution < -0.4 is 10.2 Å². The predicted octanol–water partition coefficient (Wildman–Crippen LogP) is 5.96. The van der Waals surface area contributed by atoms with Gasteiger partial charge in [-0.15, -0.1) is 0 Å². The van der Waals surface area contributed by atoms with Gasteiger partial charge in [-0.3, -0.25) is 4.79 Å². The zero-order chi connectivity index (χ0) is 21.5. The SMILES string of the molecule is O=C(NCCSCc1ccccc1Cl)c1ccc(CN2CCCc3ccccc32)cc1. The van der Waals surface area contributed by atoms with Crippen molar-refractivity contribution >= 4 is 35.0 Å². The molecule has 3 aromatic rings. The molecule has 1 heterocycles. The number of thioether (sulfide) groups is 1. The summed E-state index contributed by atoms with van der Waals surface area (Å²) in [4.78, 5) is 14.9. The molecular formula is C26H27ClN2OS. The maximum Gasteiger partial charge on any atom is 0.251 e. The second-order valence-corrected chi connectivity index (χ2v) is 9.26. The van der Waals surface area contributed by atoms with E-state index < -0.39 is 0 Å². The Morgan fingerprint density at radius 3 is 2.61 bits per heavy atom. The molecule has 0 bridgehead atoms. The number of benzene rings is 3. The van der Waals surface area contributed by atoms with Crippen LogP contribution in [-0.2, 0) is 18.7 Å². The van der Waals surface area contributed by atoms with Crippen molar-refractivity contribution in [3.8, 4) is 0 Å². The normalized spacial score (nSPS) is 13.0. The van der Waals surface area contributed by atoms with Crippen LogP contribution in [0.5, 0.6) is 0 Å². The Morgan fingerprint density at radius 1 is 1.00 bits per heavy atom. The number of aryl methyl sites for hydroxylation is 1. The molecule has 3 aromatic carbocycles. The largest absolute Gasteiger partial charge is 0.367 e. The summed E-state index contributed by atoms with van der Waals surface area (Å²) in [5, 5.41) is 3.81. The lowest BCUT2D eigenvalue weighted by Gasteiger charge is -2.31. The Bertz CT molecular complexity index is 1020. The van der Waals surface area contributed by atoms with E-state index in [2.05, 4.69) is 46.6 Å². The second-order valence-electron chi connectivity index (χ2n) is 7.75. The predicted molar refractivity (Wildman–Crippen MR) is 132 cm³/mol. The van der Waals surface area contributed by atoms with Gasteiger partial charge in [0.15, 0.2) is 0 Å². The first kappa shape index (κ1) is 21.8. The standard InChI is InChI=1S/C26H27ClN2OS/c27-24-9-3-1-7-23(24)19-31-17-15-28-26(30)22-13-11-20(12-14-22)18-29-16-5-8-21-6-2-4-10-25(21)29/h1-4,6-7,9-14H,5,8,15-19H2,(H,28,30).